The van der Waals surface area contributed by atoms with Crippen LogP contribution in [0.5, 0.6) is 11.8 Å². The quantitative estimate of drug-likeness (QED) is 0.348. The molecule has 2 aromatic heterocycles. The molecule has 208 valence electrons. The number of nitro groups is 1. The summed E-state index contributed by atoms with van der Waals surface area (Å²) in [4.78, 5) is 27.9. The summed E-state index contributed by atoms with van der Waals surface area (Å²) >= 11 is 0. The van der Waals surface area contributed by atoms with E-state index in [4.69, 9.17) is 14.7 Å². The van der Waals surface area contributed by atoms with Gasteiger partial charge in [0.2, 0.25) is 5.95 Å². The van der Waals surface area contributed by atoms with Crippen molar-refractivity contribution in [3.63, 3.8) is 0 Å². The van der Waals surface area contributed by atoms with Gasteiger partial charge < -0.3 is 34.7 Å². The minimum atomic E-state index is -4.71. The van der Waals surface area contributed by atoms with Crippen LogP contribution < -0.4 is 24.6 Å². The lowest BCUT2D eigenvalue weighted by molar-refractivity contribution is -0.389. The van der Waals surface area contributed by atoms with Crippen LogP contribution in [0.1, 0.15) is 17.0 Å². The van der Waals surface area contributed by atoms with Crippen molar-refractivity contribution >= 4 is 17.5 Å². The number of nitrogens with zero attached hydrogens (tertiary/aromatic N) is 7. The number of benzene rings is 1. The summed E-state index contributed by atoms with van der Waals surface area (Å²) < 4.78 is 48.4. The van der Waals surface area contributed by atoms with E-state index in [0.29, 0.717) is 51.8 Å². The number of hydrogen-bond donors (Lipinski definition) is 1. The van der Waals surface area contributed by atoms with Gasteiger partial charge in [-0.1, -0.05) is 0 Å². The monoisotopic (exact) mass is 548 g/mol. The highest BCUT2D eigenvalue weighted by Crippen LogP contribution is 2.27. The third kappa shape index (κ3) is 6.13. The summed E-state index contributed by atoms with van der Waals surface area (Å²) in [6.07, 6.45) is -3.34. The molecule has 1 N–H and O–H groups in total. The molecule has 5 rings (SSSR count). The molecule has 3 aromatic rings. The van der Waals surface area contributed by atoms with E-state index in [2.05, 4.69) is 24.8 Å². The van der Waals surface area contributed by atoms with Crippen LogP contribution in [0.4, 0.5) is 30.6 Å². The van der Waals surface area contributed by atoms with Crippen LogP contribution in [-0.4, -0.2) is 69.6 Å². The fraction of sp³-hybridized carbons (Fsp3) is 0.458. The van der Waals surface area contributed by atoms with Gasteiger partial charge >= 0.3 is 18.2 Å². The molecule has 0 spiro atoms. The average molecular weight is 549 g/mol. The largest absolute Gasteiger partial charge is 0.573 e. The van der Waals surface area contributed by atoms with Crippen LogP contribution in [0.3, 0.4) is 0 Å². The number of piperazine rings is 1. The number of fused-ring (bicyclic) bond motifs is 1. The van der Waals surface area contributed by atoms with Gasteiger partial charge in [-0.2, -0.15) is 0 Å². The Kier molecular flexibility index (Phi) is 7.16. The standard InChI is InChI=1S/C24H27F3N8O4/c1-15-20(11-28-17-12-34-13-21(35(36)37)31-23(34)38-14-17)16(2)30-22(29-15)33-9-7-32(8-10-33)18-3-5-19(6-4-18)39-24(25,26)27/h3-6,13,17,28H,7-12,14H2,1-2H3/t17-/m0/s1. The normalized spacial score (nSPS) is 17.5. The average Bonchev–Trinajstić information content (AvgIpc) is 3.32. The Morgan fingerprint density at radius 2 is 1.72 bits per heavy atom. The molecule has 39 heavy (non-hydrogen) atoms. The zero-order valence-corrected chi connectivity index (χ0v) is 21.3. The highest BCUT2D eigenvalue weighted by atomic mass is 19.4. The van der Waals surface area contributed by atoms with Crippen molar-refractivity contribution in [1.29, 1.82) is 0 Å². The molecule has 0 unspecified atom stereocenters. The predicted molar refractivity (Wildman–Crippen MR) is 134 cm³/mol. The smallest absolute Gasteiger partial charge is 0.444 e. The molecule has 0 radical (unpaired) electrons. The van der Waals surface area contributed by atoms with E-state index in [1.807, 2.05) is 13.8 Å². The Bertz CT molecular complexity index is 1320. The molecular weight excluding hydrogens is 521 g/mol. The van der Waals surface area contributed by atoms with Crippen LogP contribution in [0.2, 0.25) is 0 Å². The van der Waals surface area contributed by atoms with Gasteiger partial charge in [-0.15, -0.1) is 13.2 Å². The zero-order valence-electron chi connectivity index (χ0n) is 21.3. The number of aromatic nitrogens is 4. The summed E-state index contributed by atoms with van der Waals surface area (Å²) in [6, 6.07) is 6.05. The number of imidazole rings is 1. The van der Waals surface area contributed by atoms with Crippen molar-refractivity contribution in [2.45, 2.75) is 39.3 Å². The Hall–Kier alpha value is -4.14. The van der Waals surface area contributed by atoms with Gasteiger partial charge in [-0.25, -0.2) is 9.97 Å². The molecule has 0 bridgehead atoms. The lowest BCUT2D eigenvalue weighted by Gasteiger charge is -2.36. The number of alkyl halides is 3. The second kappa shape index (κ2) is 10.6. The first-order valence-corrected chi connectivity index (χ1v) is 12.3. The predicted octanol–water partition coefficient (Wildman–Crippen LogP) is 2.97. The van der Waals surface area contributed by atoms with Gasteiger partial charge in [0.25, 0.3) is 0 Å². The van der Waals surface area contributed by atoms with E-state index in [-0.39, 0.29) is 23.6 Å². The molecule has 0 saturated carbocycles. The van der Waals surface area contributed by atoms with Crippen molar-refractivity contribution in [3.8, 4) is 11.8 Å². The fourth-order valence-corrected chi connectivity index (χ4v) is 4.70. The van der Waals surface area contributed by atoms with E-state index in [0.717, 1.165) is 22.6 Å². The molecule has 1 atom stereocenters. The minimum absolute atomic E-state index is 0.0630. The van der Waals surface area contributed by atoms with Crippen molar-refractivity contribution in [2.75, 3.05) is 42.6 Å². The Balaban J connectivity index is 1.16. The number of nitrogens with one attached hydrogen (secondary N) is 1. The maximum atomic E-state index is 12.4. The molecule has 1 saturated heterocycles. The highest BCUT2D eigenvalue weighted by Gasteiger charge is 2.31. The molecule has 2 aliphatic heterocycles. The first-order chi connectivity index (χ1) is 18.6. The molecule has 1 aromatic carbocycles. The lowest BCUT2D eigenvalue weighted by Crippen LogP contribution is -2.47. The summed E-state index contributed by atoms with van der Waals surface area (Å²) in [5.41, 5.74) is 3.50. The first-order valence-electron chi connectivity index (χ1n) is 12.3. The topological polar surface area (TPSA) is 124 Å². The third-order valence-electron chi connectivity index (χ3n) is 6.72. The lowest BCUT2D eigenvalue weighted by atomic mass is 10.1. The van der Waals surface area contributed by atoms with Crippen LogP contribution in [0.15, 0.2) is 30.5 Å². The van der Waals surface area contributed by atoms with E-state index in [1.54, 1.807) is 16.7 Å². The molecule has 12 nitrogen and oxygen atoms in total. The zero-order chi connectivity index (χ0) is 27.7. The number of ether oxygens (including phenoxy) is 2. The third-order valence-corrected chi connectivity index (χ3v) is 6.72. The second-order valence-electron chi connectivity index (χ2n) is 9.37. The van der Waals surface area contributed by atoms with Crippen molar-refractivity contribution < 1.29 is 27.6 Å². The van der Waals surface area contributed by atoms with Crippen molar-refractivity contribution in [1.82, 2.24) is 24.8 Å². The highest BCUT2D eigenvalue weighted by molar-refractivity contribution is 5.51. The number of anilines is 2. The van der Waals surface area contributed by atoms with Crippen LogP contribution in [-0.2, 0) is 13.1 Å². The van der Waals surface area contributed by atoms with E-state index < -0.39 is 11.3 Å². The van der Waals surface area contributed by atoms with Gasteiger partial charge in [0.05, 0.1) is 6.04 Å². The number of aryl methyl sites for hydroxylation is 2. The van der Waals surface area contributed by atoms with Crippen LogP contribution >= 0.6 is 0 Å². The minimum Gasteiger partial charge on any atom is -0.444 e. The SMILES string of the molecule is Cc1nc(N2CCN(c3ccc(OC(F)(F)F)cc3)CC2)nc(C)c1CN[C@@H]1COc2nc([N+](=O)[O-])cn2C1. The maximum Gasteiger partial charge on any atom is 0.573 e. The summed E-state index contributed by atoms with van der Waals surface area (Å²) in [5.74, 6) is 0.152. The number of halogens is 3. The molecule has 4 heterocycles. The Labute approximate surface area is 221 Å². The van der Waals surface area contributed by atoms with Crippen LogP contribution in [0, 0.1) is 24.0 Å². The Morgan fingerprint density at radius 3 is 2.33 bits per heavy atom. The number of rotatable bonds is 7. The van der Waals surface area contributed by atoms with Crippen molar-refractivity contribution in [3.05, 3.63) is 57.5 Å². The molecule has 15 heteroatoms. The maximum absolute atomic E-state index is 12.4. The van der Waals surface area contributed by atoms with Crippen molar-refractivity contribution in [2.24, 2.45) is 0 Å². The second-order valence-corrected chi connectivity index (χ2v) is 9.37. The fourth-order valence-electron chi connectivity index (χ4n) is 4.70. The molecule has 2 aliphatic rings. The van der Waals surface area contributed by atoms with Crippen LogP contribution in [0.25, 0.3) is 0 Å². The summed E-state index contributed by atoms with van der Waals surface area (Å²) in [5, 5.41) is 14.4. The summed E-state index contributed by atoms with van der Waals surface area (Å²) in [7, 11) is 0. The van der Waals surface area contributed by atoms with E-state index in [1.165, 1.54) is 18.3 Å². The van der Waals surface area contributed by atoms with Gasteiger partial charge in [-0.05, 0) is 43.0 Å². The number of hydrogen-bond acceptors (Lipinski definition) is 10. The van der Waals surface area contributed by atoms with Gasteiger partial charge in [0.1, 0.15) is 18.6 Å². The van der Waals surface area contributed by atoms with E-state index >= 15 is 0 Å². The van der Waals surface area contributed by atoms with E-state index in [9.17, 15) is 23.3 Å². The molecular formula is C24H27F3N8O4. The Morgan fingerprint density at radius 1 is 1.08 bits per heavy atom. The van der Waals surface area contributed by atoms with Gasteiger partial charge in [-0.3, -0.25) is 4.57 Å². The molecule has 0 amide bonds. The molecule has 0 aliphatic carbocycles. The van der Waals surface area contributed by atoms with Gasteiger partial charge in [0, 0.05) is 66.9 Å². The van der Waals surface area contributed by atoms with Gasteiger partial charge in [0.15, 0.2) is 0 Å². The first kappa shape index (κ1) is 26.5. The summed E-state index contributed by atoms with van der Waals surface area (Å²) in [6.45, 7) is 7.88. The molecule has 1 fully saturated rings.